The van der Waals surface area contributed by atoms with Gasteiger partial charge >= 0.3 is 12.1 Å². The van der Waals surface area contributed by atoms with Crippen molar-refractivity contribution in [3.8, 4) is 22.8 Å². The monoisotopic (exact) mass is 465 g/mol. The molecule has 5 nitrogen and oxygen atoms in total. The fourth-order valence-electron chi connectivity index (χ4n) is 3.31. The molecule has 0 spiro atoms. The maximum atomic E-state index is 13.6. The summed E-state index contributed by atoms with van der Waals surface area (Å²) in [6.45, 7) is 3.34. The Kier molecular flexibility index (Phi) is 7.08. The Morgan fingerprint density at radius 1 is 1.09 bits per heavy atom. The van der Waals surface area contributed by atoms with E-state index in [9.17, 15) is 18.0 Å². The molecule has 0 radical (unpaired) electrons. The van der Waals surface area contributed by atoms with Gasteiger partial charge in [0.1, 0.15) is 23.0 Å². The number of ether oxygens (including phenoxy) is 2. The van der Waals surface area contributed by atoms with Gasteiger partial charge in [0.05, 0.1) is 12.8 Å². The minimum atomic E-state index is -4.55. The molecule has 0 unspecified atom stereocenters. The number of halogens is 3. The molecule has 3 rings (SSSR count). The standard InChI is InChI=1S/C23H22F3NO4S/c1-13-14(2)19(10-6-15(13)7-11-20(28)29)31-12-18-21(27-32-22(18)23(24,25)26)16-4-8-17(30-3)9-5-16/h4-6,8-10H,7,11-12H2,1-3H3,(H,28,29). The number of hydrogen-bond donors (Lipinski definition) is 1. The van der Waals surface area contributed by atoms with Crippen molar-refractivity contribution in [3.05, 3.63) is 63.5 Å². The van der Waals surface area contributed by atoms with Gasteiger partial charge in [-0.3, -0.25) is 4.79 Å². The minimum Gasteiger partial charge on any atom is -0.497 e. The van der Waals surface area contributed by atoms with Crippen LogP contribution in [0.2, 0.25) is 0 Å². The lowest BCUT2D eigenvalue weighted by atomic mass is 9.99. The third-order valence-corrected chi connectivity index (χ3v) is 6.17. The summed E-state index contributed by atoms with van der Waals surface area (Å²) < 4.78 is 55.8. The van der Waals surface area contributed by atoms with Gasteiger partial charge in [0, 0.05) is 17.5 Å². The lowest BCUT2D eigenvalue weighted by molar-refractivity contribution is -0.137. The summed E-state index contributed by atoms with van der Waals surface area (Å²) in [5.41, 5.74) is 3.21. The number of aromatic nitrogens is 1. The van der Waals surface area contributed by atoms with Crippen LogP contribution in [0.1, 0.15) is 33.6 Å². The first-order chi connectivity index (χ1) is 15.1. The van der Waals surface area contributed by atoms with Crippen molar-refractivity contribution in [1.82, 2.24) is 4.37 Å². The van der Waals surface area contributed by atoms with Crippen LogP contribution in [-0.2, 0) is 24.0 Å². The Hall–Kier alpha value is -3.07. The predicted octanol–water partition coefficient (Wildman–Crippen LogP) is 6.05. The van der Waals surface area contributed by atoms with Gasteiger partial charge in [0.25, 0.3) is 0 Å². The fourth-order valence-corrected chi connectivity index (χ4v) is 4.08. The van der Waals surface area contributed by atoms with Crippen LogP contribution >= 0.6 is 11.5 Å². The number of aliphatic carboxylic acids is 1. The molecule has 0 bridgehead atoms. The van der Waals surface area contributed by atoms with E-state index in [0.29, 0.717) is 35.0 Å². The Morgan fingerprint density at radius 2 is 1.78 bits per heavy atom. The summed E-state index contributed by atoms with van der Waals surface area (Å²) in [5.74, 6) is 0.145. The summed E-state index contributed by atoms with van der Waals surface area (Å²) in [6, 6.07) is 10.1. The lowest BCUT2D eigenvalue weighted by Gasteiger charge is -2.15. The number of carboxylic acid groups (broad SMARTS) is 1. The van der Waals surface area contributed by atoms with Gasteiger partial charge < -0.3 is 14.6 Å². The maximum Gasteiger partial charge on any atom is 0.427 e. The minimum absolute atomic E-state index is 0.00121. The second-order valence-electron chi connectivity index (χ2n) is 7.22. The van der Waals surface area contributed by atoms with E-state index in [1.165, 1.54) is 7.11 Å². The van der Waals surface area contributed by atoms with E-state index < -0.39 is 17.0 Å². The second kappa shape index (κ2) is 9.60. The maximum absolute atomic E-state index is 13.6. The molecule has 3 aromatic rings. The van der Waals surface area contributed by atoms with E-state index in [1.807, 2.05) is 6.92 Å². The average molecular weight is 465 g/mol. The molecule has 1 N–H and O–H groups in total. The molecule has 9 heteroatoms. The third kappa shape index (κ3) is 5.21. The van der Waals surface area contributed by atoms with Gasteiger partial charge in [0.15, 0.2) is 0 Å². The highest BCUT2D eigenvalue weighted by Gasteiger charge is 2.38. The van der Waals surface area contributed by atoms with Crippen molar-refractivity contribution in [1.29, 1.82) is 0 Å². The van der Waals surface area contributed by atoms with Crippen LogP contribution in [0.5, 0.6) is 11.5 Å². The first-order valence-electron chi connectivity index (χ1n) is 9.75. The smallest absolute Gasteiger partial charge is 0.427 e. The highest BCUT2D eigenvalue weighted by atomic mass is 32.1. The number of carboxylic acids is 1. The Bertz CT molecular complexity index is 1110. The molecule has 0 atom stereocenters. The molecule has 0 fully saturated rings. The topological polar surface area (TPSA) is 68.7 Å². The van der Waals surface area contributed by atoms with Crippen LogP contribution in [0.3, 0.4) is 0 Å². The molecule has 170 valence electrons. The summed E-state index contributed by atoms with van der Waals surface area (Å²) in [5, 5.41) is 8.89. The zero-order valence-corrected chi connectivity index (χ0v) is 18.6. The molecule has 0 amide bonds. The molecule has 2 aromatic carbocycles. The number of carbonyl (C=O) groups is 1. The number of aryl methyl sites for hydroxylation is 1. The largest absolute Gasteiger partial charge is 0.497 e. The first kappa shape index (κ1) is 23.6. The van der Waals surface area contributed by atoms with Crippen molar-refractivity contribution in [2.24, 2.45) is 0 Å². The van der Waals surface area contributed by atoms with Crippen molar-refractivity contribution in [2.45, 2.75) is 39.5 Å². The van der Waals surface area contributed by atoms with Gasteiger partial charge in [-0.15, -0.1) is 0 Å². The van der Waals surface area contributed by atoms with Crippen molar-refractivity contribution in [2.75, 3.05) is 7.11 Å². The summed E-state index contributed by atoms with van der Waals surface area (Å²) in [6.07, 6.45) is -4.18. The highest BCUT2D eigenvalue weighted by molar-refractivity contribution is 7.06. The Morgan fingerprint density at radius 3 is 2.38 bits per heavy atom. The van der Waals surface area contributed by atoms with Gasteiger partial charge in [-0.05, 0) is 78.8 Å². The van der Waals surface area contributed by atoms with Crippen molar-refractivity contribution >= 4 is 17.5 Å². The van der Waals surface area contributed by atoms with Crippen LogP contribution in [-0.4, -0.2) is 22.6 Å². The number of methoxy groups -OCH3 is 1. The van der Waals surface area contributed by atoms with Crippen LogP contribution in [0, 0.1) is 13.8 Å². The quantitative estimate of drug-likeness (QED) is 0.439. The molecule has 1 heterocycles. The van der Waals surface area contributed by atoms with Gasteiger partial charge in [-0.25, -0.2) is 0 Å². The van der Waals surface area contributed by atoms with Crippen molar-refractivity contribution < 1.29 is 32.5 Å². The fraction of sp³-hybridized carbons (Fsp3) is 0.304. The van der Waals surface area contributed by atoms with Crippen LogP contribution in [0.4, 0.5) is 13.2 Å². The summed E-state index contributed by atoms with van der Waals surface area (Å²) >= 11 is 0.400. The zero-order chi connectivity index (χ0) is 23.5. The molecule has 0 saturated heterocycles. The van der Waals surface area contributed by atoms with Gasteiger partial charge in [0.2, 0.25) is 0 Å². The SMILES string of the molecule is COc1ccc(-c2nsc(C(F)(F)F)c2COc2ccc(CCC(=O)O)c(C)c2C)cc1. The number of alkyl halides is 3. The van der Waals surface area contributed by atoms with E-state index in [4.69, 9.17) is 14.6 Å². The van der Waals surface area contributed by atoms with Gasteiger partial charge in [-0.1, -0.05) is 6.07 Å². The Labute approximate surface area is 187 Å². The molecule has 0 aliphatic carbocycles. The number of rotatable bonds is 8. The molecule has 32 heavy (non-hydrogen) atoms. The third-order valence-electron chi connectivity index (χ3n) is 5.24. The molecular weight excluding hydrogens is 443 g/mol. The average Bonchev–Trinajstić information content (AvgIpc) is 3.18. The molecule has 1 aromatic heterocycles. The second-order valence-corrected chi connectivity index (χ2v) is 7.99. The van der Waals surface area contributed by atoms with Crippen LogP contribution in [0.25, 0.3) is 11.3 Å². The lowest BCUT2D eigenvalue weighted by Crippen LogP contribution is -2.09. The number of nitrogens with zero attached hydrogens (tertiary/aromatic N) is 1. The van der Waals surface area contributed by atoms with Gasteiger partial charge in [-0.2, -0.15) is 17.5 Å². The number of benzene rings is 2. The zero-order valence-electron chi connectivity index (χ0n) is 17.7. The molecule has 0 saturated carbocycles. The van der Waals surface area contributed by atoms with Crippen molar-refractivity contribution in [3.63, 3.8) is 0 Å². The van der Waals surface area contributed by atoms with E-state index in [1.54, 1.807) is 43.3 Å². The molecule has 0 aliphatic rings. The van der Waals surface area contributed by atoms with E-state index in [2.05, 4.69) is 4.37 Å². The summed E-state index contributed by atoms with van der Waals surface area (Å²) in [7, 11) is 1.51. The number of hydrogen-bond acceptors (Lipinski definition) is 5. The Balaban J connectivity index is 1.90. The first-order valence-corrected chi connectivity index (χ1v) is 10.5. The van der Waals surface area contributed by atoms with E-state index in [-0.39, 0.29) is 24.3 Å². The predicted molar refractivity (Wildman–Crippen MR) is 115 cm³/mol. The van der Waals surface area contributed by atoms with E-state index in [0.717, 1.165) is 16.7 Å². The normalized spacial score (nSPS) is 11.4. The highest BCUT2D eigenvalue weighted by Crippen LogP contribution is 2.40. The summed E-state index contributed by atoms with van der Waals surface area (Å²) in [4.78, 5) is 10.0. The molecule has 0 aliphatic heterocycles. The molecular formula is C23H22F3NO4S. The van der Waals surface area contributed by atoms with Crippen LogP contribution in [0.15, 0.2) is 36.4 Å². The van der Waals surface area contributed by atoms with Crippen LogP contribution < -0.4 is 9.47 Å². The van der Waals surface area contributed by atoms with E-state index >= 15 is 0 Å².